The summed E-state index contributed by atoms with van der Waals surface area (Å²) in [7, 11) is -0.480. The van der Waals surface area contributed by atoms with Crippen LogP contribution >= 0.6 is 0 Å². The third-order valence-corrected chi connectivity index (χ3v) is 4.66. The summed E-state index contributed by atoms with van der Waals surface area (Å²) in [5.74, 6) is 0. The van der Waals surface area contributed by atoms with Gasteiger partial charge in [0, 0.05) is 5.56 Å². The topological polar surface area (TPSA) is 35.5 Å². The van der Waals surface area contributed by atoms with E-state index in [0.29, 0.717) is 5.56 Å². The molecule has 0 aromatic heterocycles. The van der Waals surface area contributed by atoms with Gasteiger partial charge < -0.3 is 9.31 Å². The van der Waals surface area contributed by atoms with Crippen molar-refractivity contribution >= 4 is 18.9 Å². The Bertz CT molecular complexity index is 519. The predicted molar refractivity (Wildman–Crippen MR) is 81.7 cm³/mol. The van der Waals surface area contributed by atoms with E-state index >= 15 is 0 Å². The van der Waals surface area contributed by atoms with Crippen molar-refractivity contribution in [1.82, 2.24) is 0 Å². The molecule has 0 unspecified atom stereocenters. The van der Waals surface area contributed by atoms with Crippen molar-refractivity contribution in [3.8, 4) is 0 Å². The molecule has 1 aliphatic rings. The quantitative estimate of drug-likeness (QED) is 0.628. The maximum atomic E-state index is 11.3. The van der Waals surface area contributed by atoms with Crippen LogP contribution < -0.4 is 5.46 Å². The van der Waals surface area contributed by atoms with E-state index in [1.807, 2.05) is 46.8 Å². The molecule has 108 valence electrons. The maximum absolute atomic E-state index is 11.3. The highest BCUT2D eigenvalue weighted by atomic mass is 16.7. The van der Waals surface area contributed by atoms with Crippen LogP contribution in [0.15, 0.2) is 12.1 Å². The molecule has 0 spiro atoms. The van der Waals surface area contributed by atoms with E-state index < -0.39 is 18.3 Å². The molecule has 1 fully saturated rings. The SMILES string of the molecule is CCc1ccc(C=O)c(B2OC(C)(C)C(C)(C)O2)c1C. The number of rotatable bonds is 3. The summed E-state index contributed by atoms with van der Waals surface area (Å²) in [6.07, 6.45) is 1.81. The molecule has 1 saturated heterocycles. The molecule has 0 atom stereocenters. The zero-order valence-electron chi connectivity index (χ0n) is 13.2. The molecular formula is C16H23BO3. The Labute approximate surface area is 121 Å². The smallest absolute Gasteiger partial charge is 0.399 e. The van der Waals surface area contributed by atoms with Crippen LogP contribution in [-0.2, 0) is 15.7 Å². The lowest BCUT2D eigenvalue weighted by Crippen LogP contribution is -2.41. The molecule has 0 aliphatic carbocycles. The molecule has 3 nitrogen and oxygen atoms in total. The lowest BCUT2D eigenvalue weighted by atomic mass is 9.72. The Morgan fingerprint density at radius 1 is 1.15 bits per heavy atom. The summed E-state index contributed by atoms with van der Waals surface area (Å²) < 4.78 is 12.2. The summed E-state index contributed by atoms with van der Waals surface area (Å²) in [5, 5.41) is 0. The second-order valence-electron chi connectivity index (χ2n) is 6.41. The van der Waals surface area contributed by atoms with Crippen molar-refractivity contribution in [1.29, 1.82) is 0 Å². The second-order valence-corrected chi connectivity index (χ2v) is 6.41. The first-order valence-electron chi connectivity index (χ1n) is 7.16. The first kappa shape index (κ1) is 15.3. The summed E-state index contributed by atoms with van der Waals surface area (Å²) in [6, 6.07) is 3.87. The van der Waals surface area contributed by atoms with E-state index in [2.05, 4.69) is 6.92 Å². The highest BCUT2D eigenvalue weighted by Crippen LogP contribution is 2.37. The second kappa shape index (κ2) is 5.01. The minimum Gasteiger partial charge on any atom is -0.399 e. The molecule has 0 radical (unpaired) electrons. The van der Waals surface area contributed by atoms with Crippen molar-refractivity contribution in [2.75, 3.05) is 0 Å². The van der Waals surface area contributed by atoms with E-state index in [9.17, 15) is 4.79 Å². The summed E-state index contributed by atoms with van der Waals surface area (Å²) in [4.78, 5) is 11.3. The third kappa shape index (κ3) is 2.31. The van der Waals surface area contributed by atoms with Crippen molar-refractivity contribution in [3.63, 3.8) is 0 Å². The fourth-order valence-corrected chi connectivity index (χ4v) is 2.55. The van der Waals surface area contributed by atoms with Gasteiger partial charge in [-0.1, -0.05) is 19.1 Å². The van der Waals surface area contributed by atoms with Crippen LogP contribution in [0, 0.1) is 6.92 Å². The normalized spacial score (nSPS) is 20.2. The summed E-state index contributed by atoms with van der Waals surface area (Å²) in [5.41, 5.74) is 3.05. The number of aldehydes is 1. The van der Waals surface area contributed by atoms with Crippen LogP contribution in [0.1, 0.15) is 56.1 Å². The highest BCUT2D eigenvalue weighted by Gasteiger charge is 2.52. The number of aryl methyl sites for hydroxylation is 1. The molecule has 0 N–H and O–H groups in total. The minimum atomic E-state index is -0.480. The van der Waals surface area contributed by atoms with Gasteiger partial charge in [-0.3, -0.25) is 4.79 Å². The van der Waals surface area contributed by atoms with Crippen LogP contribution in [0.2, 0.25) is 0 Å². The zero-order valence-corrected chi connectivity index (χ0v) is 13.2. The number of carbonyl (C=O) groups is 1. The molecule has 1 aliphatic heterocycles. The largest absolute Gasteiger partial charge is 0.495 e. The highest BCUT2D eigenvalue weighted by molar-refractivity contribution is 6.64. The van der Waals surface area contributed by atoms with Crippen molar-refractivity contribution in [2.45, 2.75) is 59.2 Å². The van der Waals surface area contributed by atoms with Gasteiger partial charge >= 0.3 is 7.12 Å². The first-order chi connectivity index (χ1) is 9.23. The average molecular weight is 274 g/mol. The van der Waals surface area contributed by atoms with Gasteiger partial charge in [0.05, 0.1) is 11.2 Å². The van der Waals surface area contributed by atoms with Crippen LogP contribution in [0.3, 0.4) is 0 Å². The van der Waals surface area contributed by atoms with Crippen molar-refractivity contribution in [3.05, 3.63) is 28.8 Å². The van der Waals surface area contributed by atoms with E-state index in [1.54, 1.807) is 0 Å². The lowest BCUT2D eigenvalue weighted by molar-refractivity contribution is 0.00578. The van der Waals surface area contributed by atoms with Crippen LogP contribution in [-0.4, -0.2) is 24.6 Å². The number of benzene rings is 1. The average Bonchev–Trinajstić information content (AvgIpc) is 2.57. The standard InChI is InChI=1S/C16H23BO3/c1-7-12-8-9-13(10-18)14(11(12)2)17-19-15(3,4)16(5,6)20-17/h8-10H,7H2,1-6H3. The molecular weight excluding hydrogens is 251 g/mol. The van der Waals surface area contributed by atoms with Crippen LogP contribution in [0.5, 0.6) is 0 Å². The van der Waals surface area contributed by atoms with Gasteiger partial charge in [-0.05, 0) is 57.6 Å². The summed E-state index contributed by atoms with van der Waals surface area (Å²) in [6.45, 7) is 12.2. The van der Waals surface area contributed by atoms with Gasteiger partial charge in [-0.2, -0.15) is 0 Å². The Morgan fingerprint density at radius 2 is 1.70 bits per heavy atom. The molecule has 1 heterocycles. The van der Waals surface area contributed by atoms with Gasteiger partial charge in [0.15, 0.2) is 0 Å². The molecule has 20 heavy (non-hydrogen) atoms. The van der Waals surface area contributed by atoms with Crippen LogP contribution in [0.4, 0.5) is 0 Å². The Kier molecular flexibility index (Phi) is 3.82. The molecule has 0 saturated carbocycles. The fraction of sp³-hybridized carbons (Fsp3) is 0.562. The van der Waals surface area contributed by atoms with E-state index in [-0.39, 0.29) is 0 Å². The maximum Gasteiger partial charge on any atom is 0.495 e. The van der Waals surface area contributed by atoms with Crippen molar-refractivity contribution < 1.29 is 14.1 Å². The van der Waals surface area contributed by atoms with Crippen molar-refractivity contribution in [2.24, 2.45) is 0 Å². The number of hydrogen-bond acceptors (Lipinski definition) is 3. The molecule has 0 amide bonds. The molecule has 4 heteroatoms. The van der Waals surface area contributed by atoms with E-state index in [1.165, 1.54) is 5.56 Å². The fourth-order valence-electron chi connectivity index (χ4n) is 2.55. The molecule has 0 bridgehead atoms. The van der Waals surface area contributed by atoms with Gasteiger partial charge in [0.1, 0.15) is 6.29 Å². The zero-order chi connectivity index (χ0) is 15.1. The third-order valence-electron chi connectivity index (χ3n) is 4.66. The Morgan fingerprint density at radius 3 is 2.15 bits per heavy atom. The molecule has 1 aromatic carbocycles. The molecule has 1 aromatic rings. The summed E-state index contributed by atoms with van der Waals surface area (Å²) >= 11 is 0. The van der Waals surface area contributed by atoms with Gasteiger partial charge in [-0.15, -0.1) is 0 Å². The Balaban J connectivity index is 2.51. The number of carbonyl (C=O) groups excluding carboxylic acids is 1. The van der Waals surface area contributed by atoms with Gasteiger partial charge in [0.25, 0.3) is 0 Å². The van der Waals surface area contributed by atoms with E-state index in [4.69, 9.17) is 9.31 Å². The molecule has 2 rings (SSSR count). The van der Waals surface area contributed by atoms with Gasteiger partial charge in [0.2, 0.25) is 0 Å². The number of hydrogen-bond donors (Lipinski definition) is 0. The lowest BCUT2D eigenvalue weighted by Gasteiger charge is -2.32. The van der Waals surface area contributed by atoms with Gasteiger partial charge in [-0.25, -0.2) is 0 Å². The first-order valence-corrected chi connectivity index (χ1v) is 7.16. The van der Waals surface area contributed by atoms with E-state index in [0.717, 1.165) is 23.7 Å². The predicted octanol–water partition coefficient (Wildman–Crippen LogP) is 2.67. The monoisotopic (exact) mass is 274 g/mol. The Hall–Kier alpha value is -1.13. The van der Waals surface area contributed by atoms with Crippen LogP contribution in [0.25, 0.3) is 0 Å². The minimum absolute atomic E-state index is 0.396.